The van der Waals surface area contributed by atoms with Crippen molar-refractivity contribution >= 4 is 0 Å². The quantitative estimate of drug-likeness (QED) is 0.494. The first-order valence-electron chi connectivity index (χ1n) is 9.11. The Labute approximate surface area is 161 Å². The molecule has 3 heteroatoms. The van der Waals surface area contributed by atoms with Crippen molar-refractivity contribution in [1.29, 1.82) is 0 Å². The summed E-state index contributed by atoms with van der Waals surface area (Å²) in [5.41, 5.74) is 5.44. The topological polar surface area (TPSA) is 31.4 Å². The minimum atomic E-state index is -0.0218. The molecule has 0 saturated heterocycles. The van der Waals surface area contributed by atoms with Crippen LogP contribution in [0.1, 0.15) is 19.4 Å². The Bertz CT molecular complexity index is 886. The van der Waals surface area contributed by atoms with Gasteiger partial charge in [-0.2, -0.15) is 0 Å². The lowest BCUT2D eigenvalue weighted by Gasteiger charge is -2.13. The van der Waals surface area contributed by atoms with Gasteiger partial charge in [0.15, 0.2) is 0 Å². The van der Waals surface area contributed by atoms with Gasteiger partial charge in [-0.15, -0.1) is 0 Å². The van der Waals surface area contributed by atoms with Gasteiger partial charge in [0.2, 0.25) is 0 Å². The zero-order chi connectivity index (χ0) is 19.1. The van der Waals surface area contributed by atoms with Gasteiger partial charge in [0.05, 0.1) is 31.3 Å². The molecule has 2 aromatic carbocycles. The summed E-state index contributed by atoms with van der Waals surface area (Å²) in [6.07, 6.45) is 3.87. The number of allylic oxidation sites excluding steroid dienone is 1. The standard InChI is InChI=1S/C24H25NO2/c1-18(26-3)15-19(2)27-17-22-11-7-8-12-23(22)24-14-13-21(16-25-24)20-9-5-4-6-10-20/h4-16,19H,17H2,1-3H3/b18-15-. The van der Waals surface area contributed by atoms with Crippen molar-refractivity contribution in [2.45, 2.75) is 26.6 Å². The molecule has 0 aliphatic heterocycles. The van der Waals surface area contributed by atoms with E-state index < -0.39 is 0 Å². The molecule has 0 radical (unpaired) electrons. The second kappa shape index (κ2) is 9.15. The van der Waals surface area contributed by atoms with Crippen LogP contribution < -0.4 is 0 Å². The molecule has 3 nitrogen and oxygen atoms in total. The summed E-state index contributed by atoms with van der Waals surface area (Å²) >= 11 is 0. The van der Waals surface area contributed by atoms with E-state index in [-0.39, 0.29) is 6.10 Å². The van der Waals surface area contributed by atoms with Crippen molar-refractivity contribution in [3.8, 4) is 22.4 Å². The number of nitrogens with zero attached hydrogens (tertiary/aromatic N) is 1. The van der Waals surface area contributed by atoms with Crippen LogP contribution >= 0.6 is 0 Å². The fourth-order valence-electron chi connectivity index (χ4n) is 2.92. The predicted octanol–water partition coefficient (Wildman–Crippen LogP) is 5.87. The third-order valence-electron chi connectivity index (χ3n) is 4.46. The first-order valence-corrected chi connectivity index (χ1v) is 9.11. The highest BCUT2D eigenvalue weighted by atomic mass is 16.5. The van der Waals surface area contributed by atoms with E-state index in [0.717, 1.165) is 28.1 Å². The second-order valence-electron chi connectivity index (χ2n) is 6.45. The molecule has 1 heterocycles. The molecule has 0 N–H and O–H groups in total. The molecule has 0 amide bonds. The van der Waals surface area contributed by atoms with E-state index in [4.69, 9.17) is 9.47 Å². The van der Waals surface area contributed by atoms with E-state index in [9.17, 15) is 0 Å². The number of benzene rings is 2. The number of methoxy groups -OCH3 is 1. The number of ether oxygens (including phenoxy) is 2. The smallest absolute Gasteiger partial charge is 0.0910 e. The molecule has 3 rings (SSSR count). The largest absolute Gasteiger partial charge is 0.502 e. The molecule has 0 saturated carbocycles. The highest BCUT2D eigenvalue weighted by molar-refractivity contribution is 5.68. The number of hydrogen-bond acceptors (Lipinski definition) is 3. The van der Waals surface area contributed by atoms with Gasteiger partial charge in [-0.3, -0.25) is 4.98 Å². The van der Waals surface area contributed by atoms with Crippen LogP contribution in [-0.4, -0.2) is 18.2 Å². The monoisotopic (exact) mass is 359 g/mol. The Kier molecular flexibility index (Phi) is 6.39. The lowest BCUT2D eigenvalue weighted by atomic mass is 10.0. The van der Waals surface area contributed by atoms with Crippen LogP contribution in [0.5, 0.6) is 0 Å². The van der Waals surface area contributed by atoms with Gasteiger partial charge in [0.1, 0.15) is 0 Å². The molecule has 1 unspecified atom stereocenters. The van der Waals surface area contributed by atoms with Crippen molar-refractivity contribution in [2.75, 3.05) is 7.11 Å². The molecular formula is C24H25NO2. The highest BCUT2D eigenvalue weighted by Crippen LogP contribution is 2.25. The minimum Gasteiger partial charge on any atom is -0.502 e. The number of hydrogen-bond donors (Lipinski definition) is 0. The first kappa shape index (κ1) is 18.9. The van der Waals surface area contributed by atoms with Crippen molar-refractivity contribution in [1.82, 2.24) is 4.98 Å². The third kappa shape index (κ3) is 5.05. The van der Waals surface area contributed by atoms with Gasteiger partial charge in [-0.1, -0.05) is 60.7 Å². The van der Waals surface area contributed by atoms with Crippen LogP contribution in [0.2, 0.25) is 0 Å². The Morgan fingerprint density at radius 2 is 1.70 bits per heavy atom. The van der Waals surface area contributed by atoms with Crippen molar-refractivity contribution in [2.24, 2.45) is 0 Å². The average molecular weight is 359 g/mol. The number of pyridine rings is 1. The van der Waals surface area contributed by atoms with Crippen LogP contribution in [0.3, 0.4) is 0 Å². The van der Waals surface area contributed by atoms with Gasteiger partial charge in [-0.25, -0.2) is 0 Å². The predicted molar refractivity (Wildman–Crippen MR) is 110 cm³/mol. The van der Waals surface area contributed by atoms with Gasteiger partial charge < -0.3 is 9.47 Å². The van der Waals surface area contributed by atoms with E-state index in [1.807, 2.05) is 56.5 Å². The minimum absolute atomic E-state index is 0.0218. The van der Waals surface area contributed by atoms with E-state index in [1.165, 1.54) is 5.56 Å². The summed E-state index contributed by atoms with van der Waals surface area (Å²) in [5, 5.41) is 0. The molecule has 138 valence electrons. The van der Waals surface area contributed by atoms with Crippen molar-refractivity contribution < 1.29 is 9.47 Å². The van der Waals surface area contributed by atoms with Crippen LogP contribution in [-0.2, 0) is 16.1 Å². The first-order chi connectivity index (χ1) is 13.2. The van der Waals surface area contributed by atoms with Gasteiger partial charge in [0, 0.05) is 17.3 Å². The molecule has 0 aliphatic rings. The Morgan fingerprint density at radius 1 is 0.963 bits per heavy atom. The maximum absolute atomic E-state index is 5.97. The molecule has 27 heavy (non-hydrogen) atoms. The fourth-order valence-corrected chi connectivity index (χ4v) is 2.92. The Hall–Kier alpha value is -2.91. The number of rotatable bonds is 7. The molecular weight excluding hydrogens is 334 g/mol. The molecule has 0 aliphatic carbocycles. The average Bonchev–Trinajstić information content (AvgIpc) is 2.73. The van der Waals surface area contributed by atoms with Gasteiger partial charge in [0.25, 0.3) is 0 Å². The summed E-state index contributed by atoms with van der Waals surface area (Å²) < 4.78 is 11.2. The maximum atomic E-state index is 5.97. The zero-order valence-corrected chi connectivity index (χ0v) is 16.1. The van der Waals surface area contributed by atoms with E-state index >= 15 is 0 Å². The Balaban J connectivity index is 1.77. The summed E-state index contributed by atoms with van der Waals surface area (Å²) in [5.74, 6) is 0.856. The van der Waals surface area contributed by atoms with Crippen molar-refractivity contribution in [3.05, 3.63) is 90.3 Å². The Morgan fingerprint density at radius 3 is 2.41 bits per heavy atom. The molecule has 1 aromatic heterocycles. The zero-order valence-electron chi connectivity index (χ0n) is 16.1. The van der Waals surface area contributed by atoms with E-state index in [0.29, 0.717) is 6.61 Å². The molecule has 0 bridgehead atoms. The summed E-state index contributed by atoms with van der Waals surface area (Å²) in [6, 6.07) is 22.7. The van der Waals surface area contributed by atoms with E-state index in [2.05, 4.69) is 41.4 Å². The highest BCUT2D eigenvalue weighted by Gasteiger charge is 2.08. The van der Waals surface area contributed by atoms with Crippen LogP contribution in [0.4, 0.5) is 0 Å². The van der Waals surface area contributed by atoms with Crippen molar-refractivity contribution in [3.63, 3.8) is 0 Å². The maximum Gasteiger partial charge on any atom is 0.0910 e. The fraction of sp³-hybridized carbons (Fsp3) is 0.208. The lowest BCUT2D eigenvalue weighted by Crippen LogP contribution is -2.06. The lowest BCUT2D eigenvalue weighted by molar-refractivity contribution is 0.0812. The summed E-state index contributed by atoms with van der Waals surface area (Å²) in [7, 11) is 1.67. The SMILES string of the molecule is CO/C(C)=C\C(C)OCc1ccccc1-c1ccc(-c2ccccc2)cn1. The molecule has 3 aromatic rings. The second-order valence-corrected chi connectivity index (χ2v) is 6.45. The molecule has 1 atom stereocenters. The van der Waals surface area contributed by atoms with Gasteiger partial charge in [-0.05, 0) is 37.1 Å². The normalized spacial score (nSPS) is 12.6. The van der Waals surface area contributed by atoms with Gasteiger partial charge >= 0.3 is 0 Å². The molecule has 0 fully saturated rings. The number of aromatic nitrogens is 1. The van der Waals surface area contributed by atoms with Crippen LogP contribution in [0, 0.1) is 0 Å². The third-order valence-corrected chi connectivity index (χ3v) is 4.46. The van der Waals surface area contributed by atoms with E-state index in [1.54, 1.807) is 7.11 Å². The summed E-state index contributed by atoms with van der Waals surface area (Å²) in [4.78, 5) is 4.69. The summed E-state index contributed by atoms with van der Waals surface area (Å²) in [6.45, 7) is 4.46. The molecule has 0 spiro atoms. The van der Waals surface area contributed by atoms with Crippen LogP contribution in [0.25, 0.3) is 22.4 Å². The van der Waals surface area contributed by atoms with Crippen LogP contribution in [0.15, 0.2) is 84.8 Å².